The molecule has 0 spiro atoms. The van der Waals surface area contributed by atoms with Crippen molar-refractivity contribution in [2.45, 2.75) is 51.4 Å². The average Bonchev–Trinajstić information content (AvgIpc) is 3.05. The van der Waals surface area contributed by atoms with Crippen LogP contribution in [0.4, 0.5) is 13.2 Å². The zero-order chi connectivity index (χ0) is 20.9. The normalized spacial score (nSPS) is 15.3. The summed E-state index contributed by atoms with van der Waals surface area (Å²) in [6.07, 6.45) is -2.59. The van der Waals surface area contributed by atoms with E-state index in [1.54, 1.807) is 13.0 Å². The highest BCUT2D eigenvalue weighted by Gasteiger charge is 2.28. The second kappa shape index (κ2) is 9.25. The van der Waals surface area contributed by atoms with Crippen molar-refractivity contribution in [3.05, 3.63) is 40.9 Å². The van der Waals surface area contributed by atoms with Crippen molar-refractivity contribution in [3.8, 4) is 5.88 Å². The van der Waals surface area contributed by atoms with Crippen LogP contribution in [0.25, 0.3) is 0 Å². The van der Waals surface area contributed by atoms with E-state index in [2.05, 4.69) is 15.5 Å². The molecule has 10 heteroatoms. The lowest BCUT2D eigenvalue weighted by molar-refractivity contribution is -0.134. The van der Waals surface area contributed by atoms with E-state index in [9.17, 15) is 18.0 Å². The molecular formula is C19H22F3N3O4. The molecule has 0 aromatic carbocycles. The predicted molar refractivity (Wildman–Crippen MR) is 95.5 cm³/mol. The minimum absolute atomic E-state index is 0.0247. The molecule has 0 atom stereocenters. The monoisotopic (exact) mass is 413 g/mol. The Morgan fingerprint density at radius 3 is 2.72 bits per heavy atom. The van der Waals surface area contributed by atoms with Crippen LogP contribution in [-0.2, 0) is 17.8 Å². The van der Waals surface area contributed by atoms with Gasteiger partial charge in [-0.25, -0.2) is 4.98 Å². The molecule has 158 valence electrons. The van der Waals surface area contributed by atoms with Crippen LogP contribution in [-0.4, -0.2) is 41.5 Å². The minimum Gasteiger partial charge on any atom is -0.473 e. The number of nitrogens with zero attached hydrogens (tertiary/aromatic N) is 2. The fraction of sp³-hybridized carbons (Fsp3) is 0.526. The number of pyridine rings is 1. The molecule has 1 amide bonds. The molecule has 1 aliphatic rings. The summed E-state index contributed by atoms with van der Waals surface area (Å²) in [6.45, 7) is 2.84. The number of hydrogen-bond donors (Lipinski definition) is 1. The lowest BCUT2D eigenvalue weighted by Crippen LogP contribution is -2.38. The molecule has 1 fully saturated rings. The van der Waals surface area contributed by atoms with Crippen LogP contribution in [0.2, 0.25) is 0 Å². The third-order valence-corrected chi connectivity index (χ3v) is 4.63. The first-order valence-electron chi connectivity index (χ1n) is 9.30. The lowest BCUT2D eigenvalue weighted by Gasteiger charge is -2.23. The Morgan fingerprint density at radius 1 is 1.31 bits per heavy atom. The Bertz CT molecular complexity index is 815. The molecule has 0 bridgehead atoms. The van der Waals surface area contributed by atoms with Crippen molar-refractivity contribution in [1.82, 2.24) is 15.5 Å². The number of alkyl halides is 3. The molecule has 0 saturated carbocycles. The highest BCUT2D eigenvalue weighted by atomic mass is 19.4. The number of carbonyl (C=O) groups excluding carboxylic acids is 1. The number of nitrogens with one attached hydrogen (secondary N) is 1. The van der Waals surface area contributed by atoms with Gasteiger partial charge in [0.25, 0.3) is 5.91 Å². The van der Waals surface area contributed by atoms with Gasteiger partial charge in [-0.05, 0) is 25.8 Å². The number of ether oxygens (including phenoxy) is 2. The quantitative estimate of drug-likeness (QED) is 0.749. The van der Waals surface area contributed by atoms with Gasteiger partial charge in [0.1, 0.15) is 12.4 Å². The van der Waals surface area contributed by atoms with Gasteiger partial charge in [0.15, 0.2) is 0 Å². The second-order valence-electron chi connectivity index (χ2n) is 6.81. The zero-order valence-electron chi connectivity index (χ0n) is 15.9. The Morgan fingerprint density at radius 2 is 2.07 bits per heavy atom. The first kappa shape index (κ1) is 21.1. The van der Waals surface area contributed by atoms with Crippen LogP contribution in [0.15, 0.2) is 22.9 Å². The van der Waals surface area contributed by atoms with Gasteiger partial charge < -0.3 is 19.3 Å². The van der Waals surface area contributed by atoms with E-state index in [-0.39, 0.29) is 36.6 Å². The van der Waals surface area contributed by atoms with E-state index < -0.39 is 12.6 Å². The maximum absolute atomic E-state index is 12.4. The number of carbonyl (C=O) groups is 1. The van der Waals surface area contributed by atoms with E-state index in [1.165, 1.54) is 12.3 Å². The van der Waals surface area contributed by atoms with Gasteiger partial charge in [0.05, 0.1) is 16.8 Å². The van der Waals surface area contributed by atoms with Crippen LogP contribution in [0.1, 0.15) is 46.6 Å². The zero-order valence-corrected chi connectivity index (χ0v) is 15.9. The van der Waals surface area contributed by atoms with Crippen LogP contribution >= 0.6 is 0 Å². The summed E-state index contributed by atoms with van der Waals surface area (Å²) in [5.41, 5.74) is 1.08. The van der Waals surface area contributed by atoms with E-state index in [0.29, 0.717) is 30.1 Å². The molecule has 3 heterocycles. The smallest absolute Gasteiger partial charge is 0.389 e. The summed E-state index contributed by atoms with van der Waals surface area (Å²) in [7, 11) is 0. The van der Waals surface area contributed by atoms with Crippen LogP contribution in [0, 0.1) is 6.92 Å². The fourth-order valence-corrected chi connectivity index (χ4v) is 2.94. The third kappa shape index (κ3) is 6.18. The van der Waals surface area contributed by atoms with E-state index in [0.717, 1.165) is 12.8 Å². The second-order valence-corrected chi connectivity index (χ2v) is 6.81. The van der Waals surface area contributed by atoms with Gasteiger partial charge in [-0.15, -0.1) is 0 Å². The summed E-state index contributed by atoms with van der Waals surface area (Å²) in [5.74, 6) is 0.421. The van der Waals surface area contributed by atoms with Crippen molar-refractivity contribution >= 4 is 5.91 Å². The molecular weight excluding hydrogens is 391 g/mol. The number of hydrogen-bond acceptors (Lipinski definition) is 6. The first-order chi connectivity index (χ1) is 13.8. The molecule has 7 nitrogen and oxygen atoms in total. The highest BCUT2D eigenvalue weighted by molar-refractivity contribution is 5.94. The summed E-state index contributed by atoms with van der Waals surface area (Å²) < 4.78 is 53.1. The number of amides is 1. The number of halogens is 3. The molecule has 0 unspecified atom stereocenters. The first-order valence-corrected chi connectivity index (χ1v) is 9.30. The third-order valence-electron chi connectivity index (χ3n) is 4.63. The van der Waals surface area contributed by atoms with E-state index in [4.69, 9.17) is 14.0 Å². The maximum atomic E-state index is 12.4. The van der Waals surface area contributed by atoms with Crippen LogP contribution in [0.3, 0.4) is 0 Å². The summed E-state index contributed by atoms with van der Waals surface area (Å²) >= 11 is 0. The summed E-state index contributed by atoms with van der Waals surface area (Å²) in [5, 5.41) is 6.62. The van der Waals surface area contributed by atoms with Crippen molar-refractivity contribution in [2.75, 3.05) is 13.2 Å². The number of rotatable bonds is 7. The van der Waals surface area contributed by atoms with Crippen molar-refractivity contribution in [3.63, 3.8) is 0 Å². The summed E-state index contributed by atoms with van der Waals surface area (Å²) in [6, 6.07) is 3.21. The minimum atomic E-state index is -4.27. The van der Waals surface area contributed by atoms with E-state index >= 15 is 0 Å². The van der Waals surface area contributed by atoms with Gasteiger partial charge in [-0.3, -0.25) is 4.79 Å². The molecule has 2 aromatic rings. The van der Waals surface area contributed by atoms with Gasteiger partial charge in [0, 0.05) is 44.4 Å². The Hall–Kier alpha value is -2.62. The highest BCUT2D eigenvalue weighted by Crippen LogP contribution is 2.24. The average molecular weight is 413 g/mol. The molecule has 1 aliphatic heterocycles. The number of aryl methyl sites for hydroxylation is 2. The Balaban J connectivity index is 1.55. The Kier molecular flexibility index (Phi) is 6.73. The van der Waals surface area contributed by atoms with Crippen LogP contribution in [0.5, 0.6) is 5.88 Å². The molecule has 3 rings (SSSR count). The summed E-state index contributed by atoms with van der Waals surface area (Å²) in [4.78, 5) is 16.4. The maximum Gasteiger partial charge on any atom is 0.389 e. The van der Waals surface area contributed by atoms with Crippen LogP contribution < -0.4 is 10.1 Å². The van der Waals surface area contributed by atoms with Crippen molar-refractivity contribution in [1.29, 1.82) is 0 Å². The fourth-order valence-electron chi connectivity index (χ4n) is 2.94. The van der Waals surface area contributed by atoms with Gasteiger partial charge in [-0.1, -0.05) is 5.16 Å². The van der Waals surface area contributed by atoms with Crippen molar-refractivity contribution < 1.29 is 32.0 Å². The van der Waals surface area contributed by atoms with E-state index in [1.807, 2.05) is 0 Å². The van der Waals surface area contributed by atoms with Gasteiger partial charge in [-0.2, -0.15) is 13.2 Å². The number of aromatic nitrogens is 2. The lowest BCUT2D eigenvalue weighted by atomic mass is 10.1. The standard InChI is InChI=1S/C19H22F3N3O4/c1-12-15(16(25-29-12)4-7-19(20,21)22)11-28-17-3-2-13(10-23-17)18(26)24-14-5-8-27-9-6-14/h2-3,10,14H,4-9,11H2,1H3,(H,24,26). The molecule has 0 radical (unpaired) electrons. The molecule has 1 saturated heterocycles. The molecule has 0 aliphatic carbocycles. The molecule has 1 N–H and O–H groups in total. The molecule has 29 heavy (non-hydrogen) atoms. The van der Waals surface area contributed by atoms with Gasteiger partial charge >= 0.3 is 6.18 Å². The topological polar surface area (TPSA) is 86.5 Å². The Labute approximate surface area is 165 Å². The SMILES string of the molecule is Cc1onc(CCC(F)(F)F)c1COc1ccc(C(=O)NC2CCOCC2)cn1. The van der Waals surface area contributed by atoms with Gasteiger partial charge in [0.2, 0.25) is 5.88 Å². The predicted octanol–water partition coefficient (Wildman–Crippen LogP) is 3.36. The molecule has 2 aromatic heterocycles. The van der Waals surface area contributed by atoms with Crippen molar-refractivity contribution in [2.24, 2.45) is 0 Å². The largest absolute Gasteiger partial charge is 0.473 e.